The van der Waals surface area contributed by atoms with Crippen molar-refractivity contribution in [3.8, 4) is 5.75 Å². The highest BCUT2D eigenvalue weighted by molar-refractivity contribution is 6.30. The number of amides is 2. The molecule has 7 nitrogen and oxygen atoms in total. The van der Waals surface area contributed by atoms with E-state index in [0.29, 0.717) is 27.8 Å². The van der Waals surface area contributed by atoms with E-state index in [1.165, 1.54) is 19.1 Å². The first kappa shape index (κ1) is 21.4. The Morgan fingerprint density at radius 3 is 2.40 bits per heavy atom. The molecule has 1 heterocycles. The molecule has 0 saturated heterocycles. The SMILES string of the molecule is COC(=O)C1=C(C)N(c2ccc(Cl)cc2)C(=O)CC1C(=O)Nc1ccccc1OC. The van der Waals surface area contributed by atoms with Crippen LogP contribution in [0.2, 0.25) is 5.02 Å². The van der Waals surface area contributed by atoms with Gasteiger partial charge in [-0.3, -0.25) is 14.5 Å². The molecule has 2 aromatic carbocycles. The Morgan fingerprint density at radius 1 is 1.10 bits per heavy atom. The maximum atomic E-state index is 13.0. The Balaban J connectivity index is 2.00. The van der Waals surface area contributed by atoms with Crippen molar-refractivity contribution in [2.45, 2.75) is 13.3 Å². The molecule has 0 aliphatic carbocycles. The summed E-state index contributed by atoms with van der Waals surface area (Å²) in [4.78, 5) is 39.9. The number of methoxy groups -OCH3 is 2. The molecule has 0 aromatic heterocycles. The molecule has 1 unspecified atom stereocenters. The second-order valence-electron chi connectivity index (χ2n) is 6.64. The predicted octanol–water partition coefficient (Wildman–Crippen LogP) is 3.79. The molecule has 3 rings (SSSR count). The third-order valence-corrected chi connectivity index (χ3v) is 5.13. The quantitative estimate of drug-likeness (QED) is 0.732. The zero-order valence-corrected chi connectivity index (χ0v) is 17.5. The van der Waals surface area contributed by atoms with Crippen molar-refractivity contribution in [3.05, 3.63) is 64.8 Å². The lowest BCUT2D eigenvalue weighted by Crippen LogP contribution is -2.43. The maximum absolute atomic E-state index is 13.0. The molecule has 1 aliphatic heterocycles. The minimum absolute atomic E-state index is 0.124. The van der Waals surface area contributed by atoms with E-state index in [4.69, 9.17) is 21.1 Å². The summed E-state index contributed by atoms with van der Waals surface area (Å²) < 4.78 is 10.2. The van der Waals surface area contributed by atoms with Crippen LogP contribution in [0.3, 0.4) is 0 Å². The van der Waals surface area contributed by atoms with Crippen molar-refractivity contribution in [3.63, 3.8) is 0 Å². The van der Waals surface area contributed by atoms with Crippen LogP contribution in [0.25, 0.3) is 0 Å². The van der Waals surface area contributed by atoms with Gasteiger partial charge in [0.1, 0.15) is 5.75 Å². The summed E-state index contributed by atoms with van der Waals surface area (Å²) >= 11 is 5.94. The second kappa shape index (κ2) is 9.00. The number of para-hydroxylation sites is 2. The normalized spacial score (nSPS) is 16.3. The number of carbonyl (C=O) groups is 3. The zero-order chi connectivity index (χ0) is 21.8. The molecule has 30 heavy (non-hydrogen) atoms. The molecule has 8 heteroatoms. The van der Waals surface area contributed by atoms with E-state index >= 15 is 0 Å². The first-order chi connectivity index (χ1) is 14.4. The van der Waals surface area contributed by atoms with Gasteiger partial charge in [-0.15, -0.1) is 0 Å². The second-order valence-corrected chi connectivity index (χ2v) is 7.08. The first-order valence-electron chi connectivity index (χ1n) is 9.18. The fourth-order valence-electron chi connectivity index (χ4n) is 3.45. The van der Waals surface area contributed by atoms with Crippen molar-refractivity contribution < 1.29 is 23.9 Å². The van der Waals surface area contributed by atoms with Crippen molar-refractivity contribution >= 4 is 40.8 Å². The number of benzene rings is 2. The van der Waals surface area contributed by atoms with Gasteiger partial charge in [0, 0.05) is 22.8 Å². The molecular weight excluding hydrogens is 408 g/mol. The van der Waals surface area contributed by atoms with Crippen LogP contribution < -0.4 is 15.0 Å². The monoisotopic (exact) mass is 428 g/mol. The molecule has 1 atom stereocenters. The lowest BCUT2D eigenvalue weighted by Gasteiger charge is -2.33. The molecule has 156 valence electrons. The van der Waals surface area contributed by atoms with Gasteiger partial charge in [0.15, 0.2) is 0 Å². The summed E-state index contributed by atoms with van der Waals surface area (Å²) in [6.45, 7) is 1.61. The van der Waals surface area contributed by atoms with Crippen molar-refractivity contribution in [2.24, 2.45) is 5.92 Å². The minimum atomic E-state index is -1.00. The fraction of sp³-hybridized carbons (Fsp3) is 0.227. The number of nitrogens with one attached hydrogen (secondary N) is 1. The summed E-state index contributed by atoms with van der Waals surface area (Å²) in [6.07, 6.45) is -0.189. The first-order valence-corrected chi connectivity index (χ1v) is 9.56. The fourth-order valence-corrected chi connectivity index (χ4v) is 3.57. The van der Waals surface area contributed by atoms with Crippen molar-refractivity contribution in [1.82, 2.24) is 0 Å². The van der Waals surface area contributed by atoms with Gasteiger partial charge in [0.2, 0.25) is 11.8 Å². The third kappa shape index (κ3) is 4.16. The largest absolute Gasteiger partial charge is 0.495 e. The number of nitrogens with zero attached hydrogens (tertiary/aromatic N) is 1. The average molecular weight is 429 g/mol. The van der Waals surface area contributed by atoms with Gasteiger partial charge < -0.3 is 14.8 Å². The van der Waals surface area contributed by atoms with Crippen LogP contribution >= 0.6 is 11.6 Å². The highest BCUT2D eigenvalue weighted by Gasteiger charge is 2.40. The van der Waals surface area contributed by atoms with E-state index < -0.39 is 17.8 Å². The van der Waals surface area contributed by atoms with Gasteiger partial charge in [0.05, 0.1) is 31.4 Å². The molecule has 0 fully saturated rings. The number of anilines is 2. The molecular formula is C22H21ClN2O5. The van der Waals surface area contributed by atoms with Crippen LogP contribution in [0.1, 0.15) is 13.3 Å². The van der Waals surface area contributed by atoms with E-state index in [9.17, 15) is 14.4 Å². The predicted molar refractivity (Wildman–Crippen MR) is 113 cm³/mol. The molecule has 0 bridgehead atoms. The van der Waals surface area contributed by atoms with E-state index in [0.717, 1.165) is 0 Å². The summed E-state index contributed by atoms with van der Waals surface area (Å²) in [6, 6.07) is 13.5. The number of halogens is 1. The summed E-state index contributed by atoms with van der Waals surface area (Å²) in [5.41, 5.74) is 1.45. The molecule has 1 N–H and O–H groups in total. The number of carbonyl (C=O) groups excluding carboxylic acids is 3. The molecule has 0 radical (unpaired) electrons. The number of allylic oxidation sites excluding steroid dienone is 1. The van der Waals surface area contributed by atoms with Gasteiger partial charge in [-0.1, -0.05) is 23.7 Å². The highest BCUT2D eigenvalue weighted by Crippen LogP contribution is 2.35. The molecule has 1 aliphatic rings. The van der Waals surface area contributed by atoms with Crippen LogP contribution in [0.4, 0.5) is 11.4 Å². The van der Waals surface area contributed by atoms with Crippen molar-refractivity contribution in [1.29, 1.82) is 0 Å². The minimum Gasteiger partial charge on any atom is -0.495 e. The third-order valence-electron chi connectivity index (χ3n) is 4.87. The van der Waals surface area contributed by atoms with E-state index in [-0.39, 0.29) is 17.9 Å². The molecule has 0 saturated carbocycles. The van der Waals surface area contributed by atoms with Gasteiger partial charge in [0.25, 0.3) is 0 Å². The number of rotatable bonds is 5. The van der Waals surface area contributed by atoms with E-state index in [2.05, 4.69) is 5.32 Å². The summed E-state index contributed by atoms with van der Waals surface area (Å²) in [5, 5.41) is 3.27. The number of esters is 1. The Labute approximate surface area is 179 Å². The smallest absolute Gasteiger partial charge is 0.336 e. The lowest BCUT2D eigenvalue weighted by atomic mass is 9.88. The maximum Gasteiger partial charge on any atom is 0.336 e. The van der Waals surface area contributed by atoms with Gasteiger partial charge in [-0.2, -0.15) is 0 Å². The van der Waals surface area contributed by atoms with Gasteiger partial charge >= 0.3 is 5.97 Å². The van der Waals surface area contributed by atoms with Crippen LogP contribution in [-0.4, -0.2) is 32.0 Å². The van der Waals surface area contributed by atoms with Crippen LogP contribution in [0, 0.1) is 5.92 Å². The van der Waals surface area contributed by atoms with Crippen LogP contribution in [0.5, 0.6) is 5.75 Å². The number of ether oxygens (including phenoxy) is 2. The Bertz CT molecular complexity index is 1020. The summed E-state index contributed by atoms with van der Waals surface area (Å²) in [5.74, 6) is -2.01. The van der Waals surface area contributed by atoms with Crippen molar-refractivity contribution in [2.75, 3.05) is 24.4 Å². The lowest BCUT2D eigenvalue weighted by molar-refractivity contribution is -0.138. The zero-order valence-electron chi connectivity index (χ0n) is 16.8. The van der Waals surface area contributed by atoms with Crippen LogP contribution in [-0.2, 0) is 19.1 Å². The summed E-state index contributed by atoms with van der Waals surface area (Å²) in [7, 11) is 2.73. The topological polar surface area (TPSA) is 84.9 Å². The van der Waals surface area contributed by atoms with E-state index in [1.54, 1.807) is 55.5 Å². The number of hydrogen-bond donors (Lipinski definition) is 1. The van der Waals surface area contributed by atoms with Crippen LogP contribution in [0.15, 0.2) is 59.8 Å². The Hall–Kier alpha value is -3.32. The Kier molecular flexibility index (Phi) is 6.42. The molecule has 2 amide bonds. The van der Waals surface area contributed by atoms with Gasteiger partial charge in [-0.25, -0.2) is 4.79 Å². The van der Waals surface area contributed by atoms with E-state index in [1.807, 2.05) is 0 Å². The molecule has 2 aromatic rings. The molecule has 0 spiro atoms. The van der Waals surface area contributed by atoms with Gasteiger partial charge in [-0.05, 0) is 43.3 Å². The Morgan fingerprint density at radius 2 is 1.77 bits per heavy atom. The standard InChI is InChI=1S/C22H21ClN2O5/c1-13-20(22(28)30-3)16(21(27)24-17-6-4-5-7-18(17)29-2)12-19(26)25(13)15-10-8-14(23)9-11-15/h4-11,16H,12H2,1-3H3,(H,24,27). The highest BCUT2D eigenvalue weighted by atomic mass is 35.5. The number of hydrogen-bond acceptors (Lipinski definition) is 5. The average Bonchev–Trinajstić information content (AvgIpc) is 2.74.